The van der Waals surface area contributed by atoms with Gasteiger partial charge in [-0.25, -0.2) is 8.78 Å². The van der Waals surface area contributed by atoms with E-state index in [0.717, 1.165) is 12.5 Å². The van der Waals surface area contributed by atoms with E-state index in [1.165, 1.54) is 18.9 Å². The Morgan fingerprint density at radius 3 is 2.53 bits per heavy atom. The molecule has 4 heteroatoms. The number of halogens is 4. The standard InChI is InChI=1S/C13H14BrClF2/c1-7-3-2-4-8(7)13(14)9-5-11(16)12(17)6-10(9)15/h5-8,13H,2-4H2,1H3. The minimum Gasteiger partial charge on any atom is -0.204 e. The van der Waals surface area contributed by atoms with Crippen molar-refractivity contribution in [1.29, 1.82) is 0 Å². The van der Waals surface area contributed by atoms with Gasteiger partial charge in [-0.1, -0.05) is 47.3 Å². The molecule has 1 aliphatic carbocycles. The summed E-state index contributed by atoms with van der Waals surface area (Å²) < 4.78 is 26.3. The van der Waals surface area contributed by atoms with Crippen molar-refractivity contribution in [3.63, 3.8) is 0 Å². The molecule has 3 atom stereocenters. The highest BCUT2D eigenvalue weighted by atomic mass is 79.9. The number of benzene rings is 1. The molecule has 1 aromatic rings. The van der Waals surface area contributed by atoms with Crippen LogP contribution in [0.15, 0.2) is 12.1 Å². The molecule has 94 valence electrons. The Bertz CT molecular complexity index is 422. The first-order valence-corrected chi connectivity index (χ1v) is 7.08. The smallest absolute Gasteiger partial charge is 0.160 e. The summed E-state index contributed by atoms with van der Waals surface area (Å²) >= 11 is 9.58. The molecule has 0 radical (unpaired) electrons. The van der Waals surface area contributed by atoms with Crippen molar-refractivity contribution >= 4 is 27.5 Å². The molecular weight excluding hydrogens is 309 g/mol. The summed E-state index contributed by atoms with van der Waals surface area (Å²) in [5, 5.41) is 0.296. The highest BCUT2D eigenvalue weighted by molar-refractivity contribution is 9.09. The lowest BCUT2D eigenvalue weighted by Crippen LogP contribution is -2.11. The van der Waals surface area contributed by atoms with Gasteiger partial charge in [-0.2, -0.15) is 0 Å². The Balaban J connectivity index is 2.30. The van der Waals surface area contributed by atoms with Crippen LogP contribution in [-0.4, -0.2) is 0 Å². The molecule has 17 heavy (non-hydrogen) atoms. The van der Waals surface area contributed by atoms with Crippen LogP contribution in [-0.2, 0) is 0 Å². The average molecular weight is 324 g/mol. The van der Waals surface area contributed by atoms with Crippen LogP contribution in [0.1, 0.15) is 36.6 Å². The molecule has 3 unspecified atom stereocenters. The van der Waals surface area contributed by atoms with Gasteiger partial charge in [0, 0.05) is 9.85 Å². The summed E-state index contributed by atoms with van der Waals surface area (Å²) in [5.41, 5.74) is 0.657. The molecule has 0 saturated heterocycles. The SMILES string of the molecule is CC1CCCC1C(Br)c1cc(F)c(F)cc1Cl. The molecule has 0 spiro atoms. The van der Waals surface area contributed by atoms with Gasteiger partial charge >= 0.3 is 0 Å². The predicted octanol–water partition coefficient (Wildman–Crippen LogP) is 5.49. The van der Waals surface area contributed by atoms with Crippen LogP contribution >= 0.6 is 27.5 Å². The molecule has 1 aliphatic rings. The second-order valence-corrected chi connectivity index (χ2v) is 6.16. The minimum atomic E-state index is -0.891. The molecule has 0 amide bonds. The van der Waals surface area contributed by atoms with Gasteiger partial charge in [-0.3, -0.25) is 0 Å². The van der Waals surface area contributed by atoms with Crippen molar-refractivity contribution in [3.8, 4) is 0 Å². The van der Waals surface area contributed by atoms with Crippen LogP contribution in [0, 0.1) is 23.5 Å². The van der Waals surface area contributed by atoms with E-state index in [0.29, 0.717) is 22.4 Å². The van der Waals surface area contributed by atoms with Crippen LogP contribution in [0.5, 0.6) is 0 Å². The largest absolute Gasteiger partial charge is 0.204 e. The first-order chi connectivity index (χ1) is 8.00. The number of alkyl halides is 1. The Morgan fingerprint density at radius 1 is 1.29 bits per heavy atom. The van der Waals surface area contributed by atoms with E-state index in [1.807, 2.05) is 0 Å². The quantitative estimate of drug-likeness (QED) is 0.498. The van der Waals surface area contributed by atoms with E-state index in [-0.39, 0.29) is 4.83 Å². The molecule has 0 aliphatic heterocycles. The summed E-state index contributed by atoms with van der Waals surface area (Å²) in [5.74, 6) is -0.696. The summed E-state index contributed by atoms with van der Waals surface area (Å²) in [7, 11) is 0. The van der Waals surface area contributed by atoms with Gasteiger partial charge in [0.15, 0.2) is 11.6 Å². The van der Waals surface area contributed by atoms with Gasteiger partial charge in [0.1, 0.15) is 0 Å². The third kappa shape index (κ3) is 2.65. The van der Waals surface area contributed by atoms with Gasteiger partial charge in [-0.05, 0) is 36.0 Å². The number of hydrogen-bond acceptors (Lipinski definition) is 0. The minimum absolute atomic E-state index is 0.00241. The fourth-order valence-electron chi connectivity index (χ4n) is 2.59. The second-order valence-electron chi connectivity index (χ2n) is 4.76. The highest BCUT2D eigenvalue weighted by Gasteiger charge is 2.31. The van der Waals surface area contributed by atoms with E-state index in [4.69, 9.17) is 11.6 Å². The maximum Gasteiger partial charge on any atom is 0.160 e. The predicted molar refractivity (Wildman–Crippen MR) is 69.5 cm³/mol. The van der Waals surface area contributed by atoms with Crippen molar-refractivity contribution < 1.29 is 8.78 Å². The topological polar surface area (TPSA) is 0 Å². The zero-order valence-corrected chi connectivity index (χ0v) is 11.9. The maximum atomic E-state index is 13.2. The monoisotopic (exact) mass is 322 g/mol. The van der Waals surface area contributed by atoms with Crippen molar-refractivity contribution in [2.45, 2.75) is 31.0 Å². The summed E-state index contributed by atoms with van der Waals surface area (Å²) in [4.78, 5) is 0.00241. The van der Waals surface area contributed by atoms with Gasteiger partial charge < -0.3 is 0 Å². The van der Waals surface area contributed by atoms with E-state index in [2.05, 4.69) is 22.9 Å². The lowest BCUT2D eigenvalue weighted by atomic mass is 9.91. The summed E-state index contributed by atoms with van der Waals surface area (Å²) in [6.45, 7) is 2.19. The van der Waals surface area contributed by atoms with E-state index >= 15 is 0 Å². The van der Waals surface area contributed by atoms with Gasteiger partial charge in [0.25, 0.3) is 0 Å². The van der Waals surface area contributed by atoms with Crippen LogP contribution < -0.4 is 0 Å². The van der Waals surface area contributed by atoms with Crippen LogP contribution in [0.2, 0.25) is 5.02 Å². The molecule has 1 fully saturated rings. The molecule has 1 aromatic carbocycles. The molecule has 1 saturated carbocycles. The van der Waals surface area contributed by atoms with Crippen LogP contribution in [0.3, 0.4) is 0 Å². The van der Waals surface area contributed by atoms with Crippen LogP contribution in [0.25, 0.3) is 0 Å². The summed E-state index contributed by atoms with van der Waals surface area (Å²) in [6.07, 6.45) is 3.48. The highest BCUT2D eigenvalue weighted by Crippen LogP contribution is 2.46. The maximum absolute atomic E-state index is 13.2. The Hall–Kier alpha value is -0.150. The normalized spacial score (nSPS) is 26.2. The second kappa shape index (κ2) is 5.23. The van der Waals surface area contributed by atoms with Gasteiger partial charge in [-0.15, -0.1) is 0 Å². The Kier molecular flexibility index (Phi) is 4.09. The van der Waals surface area contributed by atoms with Gasteiger partial charge in [0.2, 0.25) is 0 Å². The molecule has 2 rings (SSSR count). The van der Waals surface area contributed by atoms with Crippen LogP contribution in [0.4, 0.5) is 8.78 Å². The summed E-state index contributed by atoms with van der Waals surface area (Å²) in [6, 6.07) is 2.27. The zero-order valence-electron chi connectivity index (χ0n) is 9.52. The Labute approximate surface area is 113 Å². The van der Waals surface area contributed by atoms with Crippen molar-refractivity contribution in [2.24, 2.45) is 11.8 Å². The average Bonchev–Trinajstić information content (AvgIpc) is 2.69. The molecule has 0 aromatic heterocycles. The van der Waals surface area contributed by atoms with E-state index < -0.39 is 11.6 Å². The fraction of sp³-hybridized carbons (Fsp3) is 0.538. The molecular formula is C13H14BrClF2. The van der Waals surface area contributed by atoms with E-state index in [1.54, 1.807) is 0 Å². The van der Waals surface area contributed by atoms with E-state index in [9.17, 15) is 8.78 Å². The molecule has 0 heterocycles. The first kappa shape index (κ1) is 13.3. The third-order valence-electron chi connectivity index (χ3n) is 3.64. The van der Waals surface area contributed by atoms with Crippen molar-refractivity contribution in [3.05, 3.63) is 34.4 Å². The molecule has 0 bridgehead atoms. The number of rotatable bonds is 2. The van der Waals surface area contributed by atoms with Crippen molar-refractivity contribution in [2.75, 3.05) is 0 Å². The van der Waals surface area contributed by atoms with Gasteiger partial charge in [0.05, 0.1) is 0 Å². The molecule has 0 N–H and O–H groups in total. The lowest BCUT2D eigenvalue weighted by Gasteiger charge is -2.23. The first-order valence-electron chi connectivity index (χ1n) is 5.79. The Morgan fingerprint density at radius 2 is 1.94 bits per heavy atom. The zero-order chi connectivity index (χ0) is 12.6. The third-order valence-corrected chi connectivity index (χ3v) is 5.14. The fourth-order valence-corrected chi connectivity index (χ4v) is 4.15. The lowest BCUT2D eigenvalue weighted by molar-refractivity contribution is 0.412. The number of hydrogen-bond donors (Lipinski definition) is 0. The van der Waals surface area contributed by atoms with Crippen molar-refractivity contribution in [1.82, 2.24) is 0 Å². The molecule has 0 nitrogen and oxygen atoms in total.